The summed E-state index contributed by atoms with van der Waals surface area (Å²) in [7, 11) is 0. The molecular weight excluding hydrogens is 287 g/mol. The zero-order valence-corrected chi connectivity index (χ0v) is 10.4. The normalized spacial score (nSPS) is 13.4. The smallest absolute Gasteiger partial charge is 0.152 e. The van der Waals surface area contributed by atoms with Crippen LogP contribution in [0.25, 0.3) is 11.0 Å². The van der Waals surface area contributed by atoms with Gasteiger partial charge in [-0.2, -0.15) is 0 Å². The maximum atomic E-state index is 5.99. The van der Waals surface area contributed by atoms with E-state index >= 15 is 0 Å². The predicted octanol–water partition coefficient (Wildman–Crippen LogP) is 5.20. The minimum Gasteiger partial charge on any atom is -0.462 e. The van der Waals surface area contributed by atoms with Crippen LogP contribution in [0.5, 0.6) is 0 Å². The average molecular weight is 294 g/mol. The molecule has 2 rings (SSSR count). The Morgan fingerprint density at radius 1 is 1.36 bits per heavy atom. The Balaban J connectivity index is 2.78. The van der Waals surface area contributed by atoms with E-state index in [2.05, 4.69) is 15.9 Å². The summed E-state index contributed by atoms with van der Waals surface area (Å²) in [4.78, 5) is 0.221. The lowest BCUT2D eigenvalue weighted by Gasteiger charge is -2.00. The molecule has 0 radical (unpaired) electrons. The van der Waals surface area contributed by atoms with Gasteiger partial charge in [0.1, 0.15) is 0 Å². The third-order valence-electron chi connectivity index (χ3n) is 2.05. The first kappa shape index (κ1) is 10.3. The molecule has 1 atom stereocenters. The topological polar surface area (TPSA) is 13.1 Å². The quantitative estimate of drug-likeness (QED) is 0.659. The molecule has 0 bridgehead atoms. The van der Waals surface area contributed by atoms with Crippen molar-refractivity contribution in [1.29, 1.82) is 0 Å². The lowest BCUT2D eigenvalue weighted by Crippen LogP contribution is -1.80. The van der Waals surface area contributed by atoms with Crippen LogP contribution >= 0.6 is 39.1 Å². The van der Waals surface area contributed by atoms with Crippen LogP contribution < -0.4 is 0 Å². The second-order valence-electron chi connectivity index (χ2n) is 3.07. The highest BCUT2D eigenvalue weighted by Gasteiger charge is 2.13. The fourth-order valence-corrected chi connectivity index (χ4v) is 2.28. The summed E-state index contributed by atoms with van der Waals surface area (Å²) in [6.07, 6.45) is 1.70. The summed E-state index contributed by atoms with van der Waals surface area (Å²) >= 11 is 15.4. The van der Waals surface area contributed by atoms with E-state index in [1.54, 1.807) is 12.3 Å². The number of hydrogen-bond acceptors (Lipinski definition) is 1. The van der Waals surface area contributed by atoms with Crippen molar-refractivity contribution in [3.63, 3.8) is 0 Å². The first-order valence-electron chi connectivity index (χ1n) is 4.10. The van der Waals surface area contributed by atoms with Crippen LogP contribution in [0.4, 0.5) is 0 Å². The van der Waals surface area contributed by atoms with Crippen LogP contribution in [-0.2, 0) is 0 Å². The van der Waals surface area contributed by atoms with Crippen molar-refractivity contribution in [2.45, 2.75) is 11.8 Å². The number of fused-ring (bicyclic) bond motifs is 1. The Labute approximate surface area is 100 Å². The Morgan fingerprint density at radius 2 is 2.07 bits per heavy atom. The summed E-state index contributed by atoms with van der Waals surface area (Å²) in [5.41, 5.74) is 1.75. The number of hydrogen-bond donors (Lipinski definition) is 0. The number of rotatable bonds is 1. The molecular formula is C10H7BrCl2O. The van der Waals surface area contributed by atoms with Gasteiger partial charge in [0, 0.05) is 20.8 Å². The Kier molecular flexibility index (Phi) is 2.78. The van der Waals surface area contributed by atoms with Crippen molar-refractivity contribution in [1.82, 2.24) is 0 Å². The van der Waals surface area contributed by atoms with E-state index in [1.807, 2.05) is 13.0 Å². The lowest BCUT2D eigenvalue weighted by atomic mass is 10.1. The molecule has 0 fully saturated rings. The van der Waals surface area contributed by atoms with Crippen molar-refractivity contribution in [2.75, 3.05) is 0 Å². The standard InChI is InChI=1S/C10H7BrCl2O/c1-5(11)8-4-14-10-7(8)2-6(12)3-9(10)13/h2-5H,1H3. The number of benzene rings is 1. The Bertz CT molecular complexity index is 476. The molecule has 0 aliphatic rings. The molecule has 1 nitrogen and oxygen atoms in total. The van der Waals surface area contributed by atoms with Gasteiger partial charge in [-0.25, -0.2) is 0 Å². The third kappa shape index (κ3) is 1.67. The van der Waals surface area contributed by atoms with E-state index in [1.165, 1.54) is 0 Å². The first-order valence-corrected chi connectivity index (χ1v) is 5.77. The monoisotopic (exact) mass is 292 g/mol. The van der Waals surface area contributed by atoms with E-state index < -0.39 is 0 Å². The zero-order valence-electron chi connectivity index (χ0n) is 7.35. The fraction of sp³-hybridized carbons (Fsp3) is 0.200. The molecule has 4 heteroatoms. The predicted molar refractivity (Wildman–Crippen MR) is 63.6 cm³/mol. The summed E-state index contributed by atoms with van der Waals surface area (Å²) in [5, 5.41) is 2.14. The van der Waals surface area contributed by atoms with Gasteiger partial charge in [-0.15, -0.1) is 0 Å². The van der Waals surface area contributed by atoms with Crippen molar-refractivity contribution in [3.05, 3.63) is 34.0 Å². The van der Waals surface area contributed by atoms with Crippen LogP contribution in [0.1, 0.15) is 17.3 Å². The zero-order chi connectivity index (χ0) is 10.3. The number of halogens is 3. The van der Waals surface area contributed by atoms with Crippen LogP contribution in [-0.4, -0.2) is 0 Å². The molecule has 1 unspecified atom stereocenters. The number of furan rings is 1. The lowest BCUT2D eigenvalue weighted by molar-refractivity contribution is 0.611. The molecule has 0 aliphatic heterocycles. The van der Waals surface area contributed by atoms with Crippen molar-refractivity contribution >= 4 is 50.1 Å². The van der Waals surface area contributed by atoms with Crippen LogP contribution in [0.15, 0.2) is 22.8 Å². The molecule has 0 amide bonds. The van der Waals surface area contributed by atoms with E-state index in [-0.39, 0.29) is 4.83 Å². The fourth-order valence-electron chi connectivity index (χ4n) is 1.39. The molecule has 2 aromatic rings. The van der Waals surface area contributed by atoms with Gasteiger partial charge in [0.15, 0.2) is 5.58 Å². The number of alkyl halides is 1. The second kappa shape index (κ2) is 3.76. The molecule has 0 N–H and O–H groups in total. The largest absolute Gasteiger partial charge is 0.462 e. The minimum atomic E-state index is 0.221. The summed E-state index contributed by atoms with van der Waals surface area (Å²) in [5.74, 6) is 0. The molecule has 74 valence electrons. The van der Waals surface area contributed by atoms with Crippen LogP contribution in [0.2, 0.25) is 10.0 Å². The van der Waals surface area contributed by atoms with Gasteiger partial charge in [-0.3, -0.25) is 0 Å². The van der Waals surface area contributed by atoms with Gasteiger partial charge >= 0.3 is 0 Å². The van der Waals surface area contributed by atoms with E-state index in [0.717, 1.165) is 10.9 Å². The van der Waals surface area contributed by atoms with E-state index in [4.69, 9.17) is 27.6 Å². The molecule has 0 spiro atoms. The molecule has 1 heterocycles. The maximum absolute atomic E-state index is 5.99. The van der Waals surface area contributed by atoms with Gasteiger partial charge < -0.3 is 4.42 Å². The van der Waals surface area contributed by atoms with Gasteiger partial charge in [-0.05, 0) is 19.1 Å². The highest BCUT2D eigenvalue weighted by Crippen LogP contribution is 2.36. The van der Waals surface area contributed by atoms with Gasteiger partial charge in [0.25, 0.3) is 0 Å². The SMILES string of the molecule is CC(Br)c1coc2c(Cl)cc(Cl)cc12. The van der Waals surface area contributed by atoms with Gasteiger partial charge in [-0.1, -0.05) is 39.1 Å². The molecule has 0 saturated heterocycles. The van der Waals surface area contributed by atoms with Crippen molar-refractivity contribution < 1.29 is 4.42 Å². The molecule has 0 saturated carbocycles. The van der Waals surface area contributed by atoms with Gasteiger partial charge in [0.2, 0.25) is 0 Å². The highest BCUT2D eigenvalue weighted by molar-refractivity contribution is 9.09. The van der Waals surface area contributed by atoms with Crippen LogP contribution in [0, 0.1) is 0 Å². The summed E-state index contributed by atoms with van der Waals surface area (Å²) in [6, 6.07) is 3.54. The average Bonchev–Trinajstić information content (AvgIpc) is 2.47. The Hall–Kier alpha value is -0.180. The van der Waals surface area contributed by atoms with Gasteiger partial charge in [0.05, 0.1) is 11.3 Å². The first-order chi connectivity index (χ1) is 6.59. The molecule has 14 heavy (non-hydrogen) atoms. The maximum Gasteiger partial charge on any atom is 0.152 e. The molecule has 1 aromatic heterocycles. The van der Waals surface area contributed by atoms with Crippen LogP contribution in [0.3, 0.4) is 0 Å². The van der Waals surface area contributed by atoms with Crippen molar-refractivity contribution in [3.8, 4) is 0 Å². The second-order valence-corrected chi connectivity index (χ2v) is 5.29. The van der Waals surface area contributed by atoms with E-state index in [9.17, 15) is 0 Å². The molecule has 0 aliphatic carbocycles. The highest BCUT2D eigenvalue weighted by atomic mass is 79.9. The molecule has 1 aromatic carbocycles. The van der Waals surface area contributed by atoms with E-state index in [0.29, 0.717) is 15.6 Å². The Morgan fingerprint density at radius 3 is 2.71 bits per heavy atom. The minimum absolute atomic E-state index is 0.221. The third-order valence-corrected chi connectivity index (χ3v) is 3.04. The summed E-state index contributed by atoms with van der Waals surface area (Å²) in [6.45, 7) is 2.03. The summed E-state index contributed by atoms with van der Waals surface area (Å²) < 4.78 is 5.38. The van der Waals surface area contributed by atoms with Crippen molar-refractivity contribution in [2.24, 2.45) is 0 Å².